The number of fused-ring (bicyclic) bond motifs is 4. The number of hydrogen-bond donors (Lipinski definition) is 0. The fraction of sp³-hybridized carbons (Fsp3) is 0.308. The molecule has 152 valence electrons. The normalized spacial score (nSPS) is 14.8. The average Bonchev–Trinajstić information content (AvgIpc) is 2.65. The second-order valence-electron chi connectivity index (χ2n) is 10.5. The molecule has 3 aromatic carbocycles. The molecule has 0 nitrogen and oxygen atoms in total. The lowest BCUT2D eigenvalue weighted by atomic mass is 9.36. The van der Waals surface area contributed by atoms with E-state index < -0.39 is 0 Å². The first-order chi connectivity index (χ1) is 14.0. The summed E-state index contributed by atoms with van der Waals surface area (Å²) in [6.45, 7) is 14.2. The Morgan fingerprint density at radius 3 is 1.47 bits per heavy atom. The quantitative estimate of drug-likeness (QED) is 0.226. The molecule has 2 heterocycles. The lowest BCUT2D eigenvalue weighted by molar-refractivity contribution is 0.590. The Hall–Kier alpha value is -1.10. The van der Waals surface area contributed by atoms with E-state index in [2.05, 4.69) is 106 Å². The third-order valence-electron chi connectivity index (χ3n) is 6.17. The second-order valence-corrected chi connectivity index (χ2v) is 13.5. The van der Waals surface area contributed by atoms with Gasteiger partial charge in [0.2, 0.25) is 6.71 Å². The van der Waals surface area contributed by atoms with Crippen LogP contribution >= 0.6 is 39.5 Å². The minimum absolute atomic E-state index is 0.141. The van der Waals surface area contributed by atoms with E-state index >= 15 is 0 Å². The van der Waals surface area contributed by atoms with Crippen LogP contribution in [0.25, 0.3) is 0 Å². The van der Waals surface area contributed by atoms with Crippen molar-refractivity contribution >= 4 is 62.6 Å². The largest absolute Gasteiger partial charge is 0.247 e. The van der Waals surface area contributed by atoms with Gasteiger partial charge in [0.15, 0.2) is 0 Å². The minimum atomic E-state index is 0.141. The van der Waals surface area contributed by atoms with Crippen molar-refractivity contribution in [2.24, 2.45) is 0 Å². The maximum absolute atomic E-state index is 3.75. The van der Waals surface area contributed by atoms with E-state index in [1.165, 1.54) is 51.6 Å². The third-order valence-corrected chi connectivity index (χ3v) is 8.93. The van der Waals surface area contributed by atoms with Gasteiger partial charge in [0.1, 0.15) is 0 Å². The molecule has 0 N–H and O–H groups in total. The van der Waals surface area contributed by atoms with Crippen LogP contribution < -0.4 is 16.4 Å². The van der Waals surface area contributed by atoms with Crippen molar-refractivity contribution in [3.63, 3.8) is 0 Å². The molecule has 0 atom stereocenters. The Bertz CT molecular complexity index is 1100. The Morgan fingerprint density at radius 2 is 1.07 bits per heavy atom. The van der Waals surface area contributed by atoms with E-state index in [1.807, 2.05) is 23.5 Å². The van der Waals surface area contributed by atoms with Crippen LogP contribution in [-0.4, -0.2) is 6.71 Å². The molecule has 5 rings (SSSR count). The van der Waals surface area contributed by atoms with Gasteiger partial charge in [0.25, 0.3) is 0 Å². The zero-order valence-electron chi connectivity index (χ0n) is 18.4. The van der Waals surface area contributed by atoms with Crippen LogP contribution in [0.5, 0.6) is 0 Å². The van der Waals surface area contributed by atoms with Gasteiger partial charge in [0, 0.05) is 24.1 Å². The summed E-state index contributed by atoms with van der Waals surface area (Å²) >= 11 is 7.60. The Labute approximate surface area is 197 Å². The SMILES string of the molecule is CC(C)(C)c1ccc2c(c1)B1c3cc(C(C)(C)C)ccc3Sc3cc(Br)cc(c31)S2. The van der Waals surface area contributed by atoms with E-state index in [4.69, 9.17) is 0 Å². The summed E-state index contributed by atoms with van der Waals surface area (Å²) in [4.78, 5) is 5.56. The fourth-order valence-corrected chi connectivity index (χ4v) is 7.61. The third kappa shape index (κ3) is 3.40. The van der Waals surface area contributed by atoms with Crippen LogP contribution in [0.15, 0.2) is 72.6 Å². The standard InChI is InChI=1S/C26H26BBrS2/c1-25(2,3)15-7-9-20-18(11-15)27-19-12-16(26(4,5)6)8-10-21(19)30-23-14-17(28)13-22(29-20)24(23)27/h7-14H,1-6H3. The summed E-state index contributed by atoms with van der Waals surface area (Å²) in [6.07, 6.45) is 0. The first kappa shape index (κ1) is 20.8. The van der Waals surface area contributed by atoms with E-state index in [0.717, 1.165) is 0 Å². The van der Waals surface area contributed by atoms with Gasteiger partial charge < -0.3 is 0 Å². The van der Waals surface area contributed by atoms with Crippen LogP contribution in [0, 0.1) is 0 Å². The average molecular weight is 493 g/mol. The Kier molecular flexibility index (Phi) is 4.82. The van der Waals surface area contributed by atoms with Gasteiger partial charge >= 0.3 is 0 Å². The van der Waals surface area contributed by atoms with Crippen LogP contribution in [0.2, 0.25) is 0 Å². The zero-order valence-corrected chi connectivity index (χ0v) is 21.6. The monoisotopic (exact) mass is 492 g/mol. The van der Waals surface area contributed by atoms with Crippen molar-refractivity contribution in [2.45, 2.75) is 72.0 Å². The van der Waals surface area contributed by atoms with Gasteiger partial charge in [0.05, 0.1) is 0 Å². The molecule has 0 saturated carbocycles. The van der Waals surface area contributed by atoms with Crippen molar-refractivity contribution < 1.29 is 0 Å². The first-order valence-corrected chi connectivity index (χ1v) is 12.9. The van der Waals surface area contributed by atoms with Crippen molar-refractivity contribution in [1.82, 2.24) is 0 Å². The number of rotatable bonds is 0. The number of halogens is 1. The van der Waals surface area contributed by atoms with E-state index in [9.17, 15) is 0 Å². The number of hydrogen-bond acceptors (Lipinski definition) is 2. The van der Waals surface area contributed by atoms with Crippen LogP contribution in [-0.2, 0) is 10.8 Å². The van der Waals surface area contributed by atoms with Gasteiger partial charge in [-0.3, -0.25) is 0 Å². The topological polar surface area (TPSA) is 0 Å². The molecule has 3 aromatic rings. The summed E-state index contributed by atoms with van der Waals surface area (Å²) < 4.78 is 1.17. The molecule has 0 spiro atoms. The van der Waals surface area contributed by atoms with E-state index in [1.54, 1.807) is 0 Å². The maximum atomic E-state index is 3.75. The van der Waals surface area contributed by atoms with E-state index in [-0.39, 0.29) is 10.8 Å². The predicted molar refractivity (Wildman–Crippen MR) is 137 cm³/mol. The highest BCUT2D eigenvalue weighted by atomic mass is 79.9. The summed E-state index contributed by atoms with van der Waals surface area (Å²) in [5.74, 6) is 0. The molecule has 2 aliphatic rings. The fourth-order valence-electron chi connectivity index (χ4n) is 4.40. The molecule has 0 unspecified atom stereocenters. The zero-order chi connectivity index (χ0) is 21.4. The highest BCUT2D eigenvalue weighted by Crippen LogP contribution is 2.41. The highest BCUT2D eigenvalue weighted by Gasteiger charge is 2.39. The summed E-state index contributed by atoms with van der Waals surface area (Å²) in [7, 11) is 0. The molecular formula is C26H26BBrS2. The maximum Gasteiger partial charge on any atom is 0.247 e. The number of benzene rings is 3. The first-order valence-electron chi connectivity index (χ1n) is 10.5. The van der Waals surface area contributed by atoms with Gasteiger partial charge in [-0.1, -0.05) is 116 Å². The van der Waals surface area contributed by atoms with Crippen molar-refractivity contribution in [3.05, 3.63) is 64.1 Å². The molecular weight excluding hydrogens is 467 g/mol. The van der Waals surface area contributed by atoms with Gasteiger partial charge in [-0.15, -0.1) is 0 Å². The highest BCUT2D eigenvalue weighted by molar-refractivity contribution is 9.10. The Balaban J connectivity index is 1.80. The lowest BCUT2D eigenvalue weighted by Gasteiger charge is -2.35. The minimum Gasteiger partial charge on any atom is -0.0911 e. The van der Waals surface area contributed by atoms with Gasteiger partial charge in [-0.2, -0.15) is 0 Å². The van der Waals surface area contributed by atoms with Gasteiger partial charge in [-0.25, -0.2) is 0 Å². The molecule has 0 fully saturated rings. The molecule has 0 aromatic heterocycles. The Morgan fingerprint density at radius 1 is 0.633 bits per heavy atom. The van der Waals surface area contributed by atoms with Crippen LogP contribution in [0.4, 0.5) is 0 Å². The summed E-state index contributed by atoms with van der Waals surface area (Å²) in [5.41, 5.74) is 7.54. The van der Waals surface area contributed by atoms with Crippen LogP contribution in [0.1, 0.15) is 52.7 Å². The summed E-state index contributed by atoms with van der Waals surface area (Å²) in [6, 6.07) is 18.9. The summed E-state index contributed by atoms with van der Waals surface area (Å²) in [5, 5.41) is 0. The molecule has 0 amide bonds. The molecule has 30 heavy (non-hydrogen) atoms. The van der Waals surface area contributed by atoms with Crippen molar-refractivity contribution in [3.8, 4) is 0 Å². The molecule has 0 aliphatic carbocycles. The van der Waals surface area contributed by atoms with Gasteiger partial charge in [-0.05, 0) is 51.7 Å². The predicted octanol–water partition coefficient (Wildman–Crippen LogP) is 6.49. The molecule has 0 bridgehead atoms. The molecule has 2 aliphatic heterocycles. The smallest absolute Gasteiger partial charge is 0.0911 e. The molecule has 0 radical (unpaired) electrons. The molecule has 4 heteroatoms. The van der Waals surface area contributed by atoms with Crippen molar-refractivity contribution in [1.29, 1.82) is 0 Å². The lowest BCUT2D eigenvalue weighted by Crippen LogP contribution is -2.58. The molecule has 0 saturated heterocycles. The van der Waals surface area contributed by atoms with E-state index in [0.29, 0.717) is 6.71 Å². The van der Waals surface area contributed by atoms with Crippen molar-refractivity contribution in [2.75, 3.05) is 0 Å². The second kappa shape index (κ2) is 6.95. The van der Waals surface area contributed by atoms with Crippen LogP contribution in [0.3, 0.4) is 0 Å².